The van der Waals surface area contributed by atoms with Gasteiger partial charge < -0.3 is 15.5 Å². The molecule has 158 valence electrons. The number of amides is 3. The molecule has 2 aliphatic carbocycles. The van der Waals surface area contributed by atoms with E-state index in [0.717, 1.165) is 31.2 Å². The van der Waals surface area contributed by atoms with Crippen LogP contribution in [-0.4, -0.2) is 60.0 Å². The molecule has 0 aromatic heterocycles. The molecule has 2 saturated carbocycles. The quantitative estimate of drug-likeness (QED) is 0.796. The highest BCUT2D eigenvalue weighted by molar-refractivity contribution is 5.83. The number of hydrogen-bond acceptors (Lipinski definition) is 3. The summed E-state index contributed by atoms with van der Waals surface area (Å²) in [5.74, 6) is -0.335. The lowest BCUT2D eigenvalue weighted by Crippen LogP contribution is -2.55. The zero-order chi connectivity index (χ0) is 20.2. The van der Waals surface area contributed by atoms with Crippen LogP contribution in [0.25, 0.3) is 0 Å². The van der Waals surface area contributed by atoms with Crippen LogP contribution >= 0.6 is 0 Å². The summed E-state index contributed by atoms with van der Waals surface area (Å²) in [4.78, 5) is 29.5. The van der Waals surface area contributed by atoms with E-state index in [4.69, 9.17) is 0 Å². The van der Waals surface area contributed by atoms with Gasteiger partial charge in [0.05, 0.1) is 0 Å². The molecule has 3 fully saturated rings. The molecule has 3 aliphatic rings. The number of rotatable bonds is 5. The number of urea groups is 1. The third-order valence-electron chi connectivity index (χ3n) is 6.26. The Morgan fingerprint density at radius 3 is 2.10 bits per heavy atom. The van der Waals surface area contributed by atoms with Crippen molar-refractivity contribution in [1.29, 1.82) is 0 Å². The van der Waals surface area contributed by atoms with Crippen LogP contribution in [0.1, 0.15) is 56.6 Å². The Kier molecular flexibility index (Phi) is 6.33. The Morgan fingerprint density at radius 1 is 0.862 bits per heavy atom. The summed E-state index contributed by atoms with van der Waals surface area (Å²) in [6.07, 6.45) is 7.83. The molecule has 3 amide bonds. The molecule has 1 atom stereocenters. The molecule has 1 unspecified atom stereocenters. The second-order valence-corrected chi connectivity index (χ2v) is 8.54. The average Bonchev–Trinajstić information content (AvgIpc) is 3.55. The van der Waals surface area contributed by atoms with E-state index in [1.807, 2.05) is 4.90 Å². The Bertz CT molecular complexity index is 708. The number of nitrogens with one attached hydrogen (secondary N) is 2. The van der Waals surface area contributed by atoms with Crippen LogP contribution in [0.15, 0.2) is 24.3 Å². The van der Waals surface area contributed by atoms with Gasteiger partial charge in [0.1, 0.15) is 11.9 Å². The second kappa shape index (κ2) is 9.11. The van der Waals surface area contributed by atoms with Crippen LogP contribution in [0.4, 0.5) is 9.18 Å². The predicted octanol–water partition coefficient (Wildman–Crippen LogP) is 2.81. The molecule has 1 saturated heterocycles. The van der Waals surface area contributed by atoms with E-state index >= 15 is 0 Å². The lowest BCUT2D eigenvalue weighted by molar-refractivity contribution is -0.127. The monoisotopic (exact) mass is 402 g/mol. The largest absolute Gasteiger partial charge is 0.352 e. The molecule has 0 radical (unpaired) electrons. The van der Waals surface area contributed by atoms with Gasteiger partial charge in [0.25, 0.3) is 0 Å². The summed E-state index contributed by atoms with van der Waals surface area (Å²) >= 11 is 0. The van der Waals surface area contributed by atoms with Crippen molar-refractivity contribution in [3.8, 4) is 0 Å². The zero-order valence-corrected chi connectivity index (χ0v) is 16.9. The van der Waals surface area contributed by atoms with Gasteiger partial charge in [0.15, 0.2) is 0 Å². The summed E-state index contributed by atoms with van der Waals surface area (Å²) in [5, 5.41) is 6.26. The first-order valence-corrected chi connectivity index (χ1v) is 11.0. The molecule has 2 N–H and O–H groups in total. The van der Waals surface area contributed by atoms with Crippen LogP contribution in [0, 0.1) is 5.82 Å². The molecular formula is C22H31FN4O2. The molecule has 1 aliphatic heterocycles. The number of hydrogen-bond donors (Lipinski definition) is 2. The summed E-state index contributed by atoms with van der Waals surface area (Å²) in [6.45, 7) is 2.43. The predicted molar refractivity (Wildman–Crippen MR) is 109 cm³/mol. The Balaban J connectivity index is 1.37. The van der Waals surface area contributed by atoms with Crippen LogP contribution in [0.3, 0.4) is 0 Å². The first-order chi connectivity index (χ1) is 14.1. The van der Waals surface area contributed by atoms with E-state index < -0.39 is 6.04 Å². The number of piperazine rings is 1. The fourth-order valence-corrected chi connectivity index (χ4v) is 4.38. The minimum absolute atomic E-state index is 0.0114. The van der Waals surface area contributed by atoms with E-state index in [1.165, 1.54) is 31.4 Å². The summed E-state index contributed by atoms with van der Waals surface area (Å²) in [6, 6.07) is 6.32. The van der Waals surface area contributed by atoms with Gasteiger partial charge in [-0.1, -0.05) is 31.4 Å². The fraction of sp³-hybridized carbons (Fsp3) is 0.636. The average molecular weight is 403 g/mol. The first kappa shape index (κ1) is 20.1. The number of benzene rings is 1. The first-order valence-electron chi connectivity index (χ1n) is 11.0. The molecule has 0 bridgehead atoms. The van der Waals surface area contributed by atoms with Gasteiger partial charge in [0.2, 0.25) is 5.91 Å². The van der Waals surface area contributed by atoms with Gasteiger partial charge in [-0.05, 0) is 43.4 Å². The van der Waals surface area contributed by atoms with Gasteiger partial charge in [-0.15, -0.1) is 0 Å². The maximum atomic E-state index is 13.4. The van der Waals surface area contributed by atoms with Crippen LogP contribution < -0.4 is 10.6 Å². The van der Waals surface area contributed by atoms with Crippen LogP contribution in [0.5, 0.6) is 0 Å². The van der Waals surface area contributed by atoms with Crippen molar-refractivity contribution in [2.24, 2.45) is 0 Å². The molecule has 29 heavy (non-hydrogen) atoms. The zero-order valence-electron chi connectivity index (χ0n) is 16.9. The lowest BCUT2D eigenvalue weighted by atomic mass is 9.96. The topological polar surface area (TPSA) is 64.7 Å². The second-order valence-electron chi connectivity index (χ2n) is 8.54. The summed E-state index contributed by atoms with van der Waals surface area (Å²) in [7, 11) is 0. The Labute approximate surface area is 171 Å². The van der Waals surface area contributed by atoms with E-state index in [9.17, 15) is 14.0 Å². The van der Waals surface area contributed by atoms with E-state index in [0.29, 0.717) is 32.2 Å². The minimum Gasteiger partial charge on any atom is -0.352 e. The molecule has 4 rings (SSSR count). The SMILES string of the molecule is O=C(NC1CC1)C(c1ccc(F)cc1)N1CCN(C(=O)NC2CCCCC2)CC1. The fourth-order valence-electron chi connectivity index (χ4n) is 4.38. The van der Waals surface area contributed by atoms with Gasteiger partial charge in [-0.2, -0.15) is 0 Å². The summed E-state index contributed by atoms with van der Waals surface area (Å²) < 4.78 is 13.4. The number of carbonyl (C=O) groups is 2. The van der Waals surface area contributed by atoms with Crippen molar-refractivity contribution in [2.75, 3.05) is 26.2 Å². The molecule has 6 nitrogen and oxygen atoms in total. The number of halogens is 1. The van der Waals surface area contributed by atoms with Crippen molar-refractivity contribution >= 4 is 11.9 Å². The van der Waals surface area contributed by atoms with Crippen molar-refractivity contribution in [1.82, 2.24) is 20.4 Å². The number of carbonyl (C=O) groups excluding carboxylic acids is 2. The van der Waals surface area contributed by atoms with Crippen molar-refractivity contribution in [3.05, 3.63) is 35.6 Å². The maximum Gasteiger partial charge on any atom is 0.317 e. The molecule has 0 spiro atoms. The van der Waals surface area contributed by atoms with Crippen LogP contribution in [0.2, 0.25) is 0 Å². The van der Waals surface area contributed by atoms with E-state index in [1.54, 1.807) is 12.1 Å². The highest BCUT2D eigenvalue weighted by Crippen LogP contribution is 2.26. The molecule has 1 aromatic rings. The molecular weight excluding hydrogens is 371 g/mol. The van der Waals surface area contributed by atoms with Gasteiger partial charge in [-0.25, -0.2) is 9.18 Å². The number of nitrogens with zero attached hydrogens (tertiary/aromatic N) is 2. The third-order valence-corrected chi connectivity index (χ3v) is 6.26. The molecule has 1 aromatic carbocycles. The summed E-state index contributed by atoms with van der Waals surface area (Å²) in [5.41, 5.74) is 0.796. The van der Waals surface area contributed by atoms with Crippen molar-refractivity contribution in [2.45, 2.75) is 63.1 Å². The highest BCUT2D eigenvalue weighted by atomic mass is 19.1. The van der Waals surface area contributed by atoms with E-state index in [2.05, 4.69) is 15.5 Å². The van der Waals surface area contributed by atoms with Gasteiger partial charge in [-0.3, -0.25) is 9.69 Å². The lowest BCUT2D eigenvalue weighted by Gasteiger charge is -2.39. The van der Waals surface area contributed by atoms with Crippen molar-refractivity contribution < 1.29 is 14.0 Å². The smallest absolute Gasteiger partial charge is 0.317 e. The van der Waals surface area contributed by atoms with Crippen LogP contribution in [-0.2, 0) is 4.79 Å². The third kappa shape index (κ3) is 5.26. The van der Waals surface area contributed by atoms with Gasteiger partial charge >= 0.3 is 6.03 Å². The highest BCUT2D eigenvalue weighted by Gasteiger charge is 2.34. The normalized spacial score (nSPS) is 22.2. The molecule has 1 heterocycles. The van der Waals surface area contributed by atoms with Crippen molar-refractivity contribution in [3.63, 3.8) is 0 Å². The maximum absolute atomic E-state index is 13.4. The van der Waals surface area contributed by atoms with Gasteiger partial charge in [0, 0.05) is 38.3 Å². The Morgan fingerprint density at radius 2 is 1.48 bits per heavy atom. The molecule has 7 heteroatoms. The van der Waals surface area contributed by atoms with E-state index in [-0.39, 0.29) is 23.8 Å². The Hall–Kier alpha value is -2.15. The standard InChI is InChI=1S/C22H31FN4O2/c23-17-8-6-16(7-9-17)20(21(28)24-19-10-11-19)26-12-14-27(15-13-26)22(29)25-18-4-2-1-3-5-18/h6-9,18-20H,1-5,10-15H2,(H,24,28)(H,25,29). The minimum atomic E-state index is -0.445.